The van der Waals surface area contributed by atoms with Crippen molar-refractivity contribution in [2.75, 3.05) is 23.8 Å². The first-order valence-corrected chi connectivity index (χ1v) is 6.04. The molecule has 0 amide bonds. The third-order valence-electron chi connectivity index (χ3n) is 3.13. The first-order valence-electron chi connectivity index (χ1n) is 6.04. The number of nitrogens with one attached hydrogen (secondary N) is 1. The van der Waals surface area contributed by atoms with Gasteiger partial charge in [-0.3, -0.25) is 0 Å². The Morgan fingerprint density at radius 1 is 1.28 bits per heavy atom. The normalized spacial score (nSPS) is 14.4. The van der Waals surface area contributed by atoms with Crippen molar-refractivity contribution in [3.05, 3.63) is 30.0 Å². The molecule has 1 aliphatic rings. The lowest BCUT2D eigenvalue weighted by atomic mass is 10.3. The molecule has 6 nitrogen and oxygen atoms in total. The number of imidazole rings is 1. The highest BCUT2D eigenvalue weighted by Crippen LogP contribution is 2.19. The minimum atomic E-state index is 0.666. The monoisotopic (exact) mass is 244 g/mol. The van der Waals surface area contributed by atoms with Gasteiger partial charge in [0.15, 0.2) is 0 Å². The molecule has 0 unspecified atom stereocenters. The van der Waals surface area contributed by atoms with Gasteiger partial charge in [0.25, 0.3) is 0 Å². The lowest BCUT2D eigenvalue weighted by molar-refractivity contribution is 0.556. The van der Waals surface area contributed by atoms with E-state index in [4.69, 9.17) is 0 Å². The molecular weight excluding hydrogens is 228 g/mol. The predicted octanol–water partition coefficient (Wildman–Crippen LogP) is 1.04. The fourth-order valence-electron chi connectivity index (χ4n) is 2.19. The molecule has 18 heavy (non-hydrogen) atoms. The maximum Gasteiger partial charge on any atom is 0.224 e. The van der Waals surface area contributed by atoms with Crippen molar-refractivity contribution in [1.29, 1.82) is 0 Å². The minimum Gasteiger partial charge on any atom is -0.357 e. The molecule has 1 N–H and O–H groups in total. The van der Waals surface area contributed by atoms with E-state index in [1.807, 2.05) is 32.4 Å². The van der Waals surface area contributed by atoms with Crippen LogP contribution in [0, 0.1) is 6.92 Å². The molecule has 0 saturated carbocycles. The Labute approximate surface area is 106 Å². The Bertz CT molecular complexity index is 561. The third-order valence-corrected chi connectivity index (χ3v) is 3.13. The number of anilines is 2. The van der Waals surface area contributed by atoms with Gasteiger partial charge in [-0.15, -0.1) is 0 Å². The molecule has 2 aromatic heterocycles. The van der Waals surface area contributed by atoms with E-state index in [0.29, 0.717) is 5.95 Å². The van der Waals surface area contributed by atoms with Crippen molar-refractivity contribution in [2.45, 2.75) is 20.0 Å². The second kappa shape index (κ2) is 4.29. The average molecular weight is 244 g/mol. The van der Waals surface area contributed by atoms with Gasteiger partial charge in [0.1, 0.15) is 11.6 Å². The number of fused-ring (bicyclic) bond motifs is 1. The highest BCUT2D eigenvalue weighted by molar-refractivity contribution is 5.45. The van der Waals surface area contributed by atoms with Crippen molar-refractivity contribution in [2.24, 2.45) is 0 Å². The van der Waals surface area contributed by atoms with Crippen LogP contribution in [0.3, 0.4) is 0 Å². The second-order valence-corrected chi connectivity index (χ2v) is 4.40. The van der Waals surface area contributed by atoms with Gasteiger partial charge in [-0.25, -0.2) is 9.97 Å². The Kier molecular flexibility index (Phi) is 2.62. The van der Waals surface area contributed by atoms with Crippen molar-refractivity contribution in [3.63, 3.8) is 0 Å². The van der Waals surface area contributed by atoms with Gasteiger partial charge in [-0.1, -0.05) is 0 Å². The predicted molar refractivity (Wildman–Crippen MR) is 69.6 cm³/mol. The fourth-order valence-corrected chi connectivity index (χ4v) is 2.19. The van der Waals surface area contributed by atoms with E-state index >= 15 is 0 Å². The number of rotatable bonds is 2. The first kappa shape index (κ1) is 11.0. The maximum absolute atomic E-state index is 4.50. The van der Waals surface area contributed by atoms with Gasteiger partial charge in [-0.05, 0) is 6.92 Å². The second-order valence-electron chi connectivity index (χ2n) is 4.40. The summed E-state index contributed by atoms with van der Waals surface area (Å²) >= 11 is 0. The minimum absolute atomic E-state index is 0.666. The molecule has 0 spiro atoms. The van der Waals surface area contributed by atoms with Crippen molar-refractivity contribution >= 4 is 11.8 Å². The van der Waals surface area contributed by atoms with Crippen LogP contribution in [0.1, 0.15) is 11.5 Å². The number of aromatic nitrogens is 4. The highest BCUT2D eigenvalue weighted by atomic mass is 15.3. The third kappa shape index (κ3) is 1.90. The van der Waals surface area contributed by atoms with E-state index < -0.39 is 0 Å². The van der Waals surface area contributed by atoms with Crippen LogP contribution in [0.25, 0.3) is 0 Å². The summed E-state index contributed by atoms with van der Waals surface area (Å²) in [6.45, 7) is 4.68. The van der Waals surface area contributed by atoms with E-state index in [-0.39, 0.29) is 0 Å². The number of nitrogens with zero attached hydrogens (tertiary/aromatic N) is 5. The molecule has 1 aliphatic heterocycles. The zero-order valence-electron chi connectivity index (χ0n) is 10.6. The molecular formula is C12H16N6. The number of hydrogen-bond donors (Lipinski definition) is 1. The molecule has 3 heterocycles. The molecule has 0 saturated heterocycles. The number of aryl methyl sites for hydroxylation is 1. The topological polar surface area (TPSA) is 58.9 Å². The molecule has 0 fully saturated rings. The molecule has 6 heteroatoms. The largest absolute Gasteiger partial charge is 0.357 e. The van der Waals surface area contributed by atoms with E-state index in [9.17, 15) is 0 Å². The first-order chi connectivity index (χ1) is 8.76. The zero-order valence-corrected chi connectivity index (χ0v) is 10.6. The average Bonchev–Trinajstić information content (AvgIpc) is 2.85. The Balaban J connectivity index is 1.90. The molecule has 0 aliphatic carbocycles. The molecule has 2 aromatic rings. The summed E-state index contributed by atoms with van der Waals surface area (Å²) in [4.78, 5) is 15.4. The fraction of sp³-hybridized carbons (Fsp3) is 0.417. The van der Waals surface area contributed by atoms with Gasteiger partial charge < -0.3 is 14.8 Å². The van der Waals surface area contributed by atoms with E-state index in [1.54, 1.807) is 0 Å². The van der Waals surface area contributed by atoms with Gasteiger partial charge >= 0.3 is 0 Å². The summed E-state index contributed by atoms with van der Waals surface area (Å²) in [7, 11) is 1.83. The molecule has 0 atom stereocenters. The molecule has 0 aromatic carbocycles. The van der Waals surface area contributed by atoms with Gasteiger partial charge in [0.2, 0.25) is 5.95 Å². The van der Waals surface area contributed by atoms with Gasteiger partial charge in [0.05, 0.1) is 6.54 Å². The van der Waals surface area contributed by atoms with E-state index in [0.717, 1.165) is 37.0 Å². The van der Waals surface area contributed by atoms with Crippen molar-refractivity contribution in [3.8, 4) is 0 Å². The standard InChI is InChI=1S/C12H16N6/c1-9-7-10(16-12(13-2)15-9)18-6-5-17-4-3-14-11(17)8-18/h3-4,7H,5-6,8H2,1-2H3,(H,13,15,16). The molecule has 3 rings (SSSR count). The summed E-state index contributed by atoms with van der Waals surface area (Å²) in [6.07, 6.45) is 3.88. The summed E-state index contributed by atoms with van der Waals surface area (Å²) in [5.41, 5.74) is 0.971. The van der Waals surface area contributed by atoms with Crippen LogP contribution < -0.4 is 10.2 Å². The SMILES string of the molecule is CNc1nc(C)cc(N2CCn3ccnc3C2)n1. The summed E-state index contributed by atoms with van der Waals surface area (Å²) < 4.78 is 2.18. The van der Waals surface area contributed by atoms with Gasteiger partial charge in [-0.2, -0.15) is 4.98 Å². The van der Waals surface area contributed by atoms with Crippen molar-refractivity contribution < 1.29 is 0 Å². The number of hydrogen-bond acceptors (Lipinski definition) is 5. The lowest BCUT2D eigenvalue weighted by Gasteiger charge is -2.28. The van der Waals surface area contributed by atoms with Crippen LogP contribution in [0.5, 0.6) is 0 Å². The quantitative estimate of drug-likeness (QED) is 0.855. The molecule has 0 radical (unpaired) electrons. The van der Waals surface area contributed by atoms with Crippen molar-refractivity contribution in [1.82, 2.24) is 19.5 Å². The van der Waals surface area contributed by atoms with E-state index in [1.165, 1.54) is 0 Å². The van der Waals surface area contributed by atoms with Gasteiger partial charge in [0, 0.05) is 44.3 Å². The van der Waals surface area contributed by atoms with Crippen LogP contribution >= 0.6 is 0 Å². The van der Waals surface area contributed by atoms with Crippen LogP contribution in [-0.4, -0.2) is 33.1 Å². The Morgan fingerprint density at radius 3 is 3.00 bits per heavy atom. The highest BCUT2D eigenvalue weighted by Gasteiger charge is 2.18. The summed E-state index contributed by atoms with van der Waals surface area (Å²) in [5.74, 6) is 2.71. The van der Waals surface area contributed by atoms with E-state index in [2.05, 4.69) is 29.7 Å². The smallest absolute Gasteiger partial charge is 0.224 e. The van der Waals surface area contributed by atoms with Crippen LogP contribution in [-0.2, 0) is 13.1 Å². The molecule has 0 bridgehead atoms. The van der Waals surface area contributed by atoms with Crippen LogP contribution in [0.2, 0.25) is 0 Å². The maximum atomic E-state index is 4.50. The Morgan fingerprint density at radius 2 is 2.17 bits per heavy atom. The lowest BCUT2D eigenvalue weighted by Crippen LogP contribution is -2.34. The van der Waals surface area contributed by atoms with Crippen LogP contribution in [0.4, 0.5) is 11.8 Å². The Hall–Kier alpha value is -2.11. The summed E-state index contributed by atoms with van der Waals surface area (Å²) in [6, 6.07) is 2.01. The van der Waals surface area contributed by atoms with Crippen LogP contribution in [0.15, 0.2) is 18.5 Å². The zero-order chi connectivity index (χ0) is 12.5. The summed E-state index contributed by atoms with van der Waals surface area (Å²) in [5, 5.41) is 2.99. The molecule has 94 valence electrons.